The predicted octanol–water partition coefficient (Wildman–Crippen LogP) is 2.24. The number of hydrogen-bond acceptors (Lipinski definition) is 5. The number of ether oxygens (including phenoxy) is 1. The first kappa shape index (κ1) is 20.9. The third-order valence-corrected chi connectivity index (χ3v) is 5.68. The van der Waals surface area contributed by atoms with Gasteiger partial charge in [-0.1, -0.05) is 0 Å². The SMILES string of the molecule is CN=C(NCc1ncc(C)s1)NC1CCN(CC2CCOC2)CC1.I. The molecule has 3 heterocycles. The van der Waals surface area contributed by atoms with E-state index in [0.29, 0.717) is 6.04 Å². The lowest BCUT2D eigenvalue weighted by Crippen LogP contribution is -2.49. The molecule has 3 rings (SSSR count). The Kier molecular flexibility index (Phi) is 8.88. The summed E-state index contributed by atoms with van der Waals surface area (Å²) in [6, 6.07) is 0.505. The van der Waals surface area contributed by atoms with Crippen molar-refractivity contribution in [3.8, 4) is 0 Å². The second kappa shape index (κ2) is 10.6. The van der Waals surface area contributed by atoms with Gasteiger partial charge in [0.05, 0.1) is 13.2 Å². The second-order valence-electron chi connectivity index (χ2n) is 6.74. The van der Waals surface area contributed by atoms with E-state index in [2.05, 4.69) is 32.4 Å². The monoisotopic (exact) mass is 479 g/mol. The minimum Gasteiger partial charge on any atom is -0.381 e. The molecular formula is C17H30IN5OS. The maximum atomic E-state index is 5.48. The first-order chi connectivity index (χ1) is 11.7. The minimum absolute atomic E-state index is 0. The largest absolute Gasteiger partial charge is 0.381 e. The van der Waals surface area contributed by atoms with Crippen molar-refractivity contribution in [3.63, 3.8) is 0 Å². The van der Waals surface area contributed by atoms with Gasteiger partial charge in [-0.2, -0.15) is 0 Å². The van der Waals surface area contributed by atoms with Gasteiger partial charge in [-0.3, -0.25) is 4.99 Å². The van der Waals surface area contributed by atoms with E-state index in [1.54, 1.807) is 11.3 Å². The maximum absolute atomic E-state index is 5.48. The van der Waals surface area contributed by atoms with Gasteiger partial charge >= 0.3 is 0 Å². The molecule has 1 aromatic rings. The Morgan fingerprint density at radius 3 is 2.80 bits per heavy atom. The third-order valence-electron chi connectivity index (χ3n) is 4.77. The summed E-state index contributed by atoms with van der Waals surface area (Å²) in [6.45, 7) is 8.24. The molecule has 1 atom stereocenters. The highest BCUT2D eigenvalue weighted by atomic mass is 127. The molecule has 0 aromatic carbocycles. The van der Waals surface area contributed by atoms with Crippen LogP contribution in [0.25, 0.3) is 0 Å². The molecule has 0 saturated carbocycles. The summed E-state index contributed by atoms with van der Waals surface area (Å²) in [6.07, 6.45) is 5.49. The molecule has 25 heavy (non-hydrogen) atoms. The van der Waals surface area contributed by atoms with Crippen molar-refractivity contribution in [2.24, 2.45) is 10.9 Å². The van der Waals surface area contributed by atoms with Crippen molar-refractivity contribution in [3.05, 3.63) is 16.1 Å². The van der Waals surface area contributed by atoms with Crippen molar-refractivity contribution in [1.29, 1.82) is 0 Å². The lowest BCUT2D eigenvalue weighted by molar-refractivity contribution is 0.150. The van der Waals surface area contributed by atoms with Crippen molar-refractivity contribution in [2.45, 2.75) is 38.8 Å². The zero-order chi connectivity index (χ0) is 16.8. The summed E-state index contributed by atoms with van der Waals surface area (Å²) in [7, 11) is 1.83. The van der Waals surface area contributed by atoms with Gasteiger partial charge in [0, 0.05) is 50.4 Å². The van der Waals surface area contributed by atoms with E-state index in [4.69, 9.17) is 4.74 Å². The minimum atomic E-state index is 0. The zero-order valence-electron chi connectivity index (χ0n) is 15.2. The van der Waals surface area contributed by atoms with Crippen molar-refractivity contribution in [2.75, 3.05) is 39.9 Å². The molecule has 142 valence electrons. The molecule has 2 N–H and O–H groups in total. The number of hydrogen-bond donors (Lipinski definition) is 2. The molecule has 8 heteroatoms. The molecule has 2 aliphatic heterocycles. The van der Waals surface area contributed by atoms with Crippen LogP contribution in [0.1, 0.15) is 29.1 Å². The average Bonchev–Trinajstić information content (AvgIpc) is 3.25. The van der Waals surface area contributed by atoms with Gasteiger partial charge in [0.25, 0.3) is 0 Å². The molecular weight excluding hydrogens is 449 g/mol. The normalized spacial score (nSPS) is 22.6. The standard InChI is InChI=1S/C17H29N5OS.HI/c1-13-9-19-16(24-13)10-20-17(18-2)21-15-3-6-22(7-4-15)11-14-5-8-23-12-14;/h9,14-15H,3-8,10-12H2,1-2H3,(H2,18,20,21);1H. The quantitative estimate of drug-likeness (QED) is 0.386. The summed E-state index contributed by atoms with van der Waals surface area (Å²) in [5.74, 6) is 1.62. The van der Waals surface area contributed by atoms with E-state index in [1.165, 1.54) is 30.7 Å². The Labute approximate surface area is 171 Å². The van der Waals surface area contributed by atoms with Crippen LogP contribution in [0, 0.1) is 12.8 Å². The van der Waals surface area contributed by atoms with Crippen LogP contribution in [0.5, 0.6) is 0 Å². The Morgan fingerprint density at radius 1 is 1.40 bits per heavy atom. The molecule has 0 bridgehead atoms. The molecule has 0 spiro atoms. The predicted molar refractivity (Wildman–Crippen MR) is 114 cm³/mol. The number of halogens is 1. The average molecular weight is 479 g/mol. The number of rotatable bonds is 5. The fourth-order valence-corrected chi connectivity index (χ4v) is 4.11. The van der Waals surface area contributed by atoms with Crippen molar-refractivity contribution in [1.82, 2.24) is 20.5 Å². The number of thiazole rings is 1. The van der Waals surface area contributed by atoms with Crippen LogP contribution in [0.15, 0.2) is 11.2 Å². The Hall–Kier alpha value is -0.450. The molecule has 0 aliphatic carbocycles. The van der Waals surface area contributed by atoms with E-state index in [9.17, 15) is 0 Å². The molecule has 0 radical (unpaired) electrons. The zero-order valence-corrected chi connectivity index (χ0v) is 18.3. The fourth-order valence-electron chi connectivity index (χ4n) is 3.38. The second-order valence-corrected chi connectivity index (χ2v) is 8.06. The molecule has 2 aliphatic rings. The number of nitrogens with one attached hydrogen (secondary N) is 2. The first-order valence-corrected chi connectivity index (χ1v) is 9.73. The number of piperidine rings is 1. The van der Waals surface area contributed by atoms with Gasteiger partial charge in [-0.05, 0) is 32.1 Å². The van der Waals surface area contributed by atoms with E-state index in [1.807, 2.05) is 13.2 Å². The lowest BCUT2D eigenvalue weighted by Gasteiger charge is -2.34. The molecule has 2 saturated heterocycles. The van der Waals surface area contributed by atoms with Crippen LogP contribution in [0.4, 0.5) is 0 Å². The smallest absolute Gasteiger partial charge is 0.191 e. The topological polar surface area (TPSA) is 61.8 Å². The van der Waals surface area contributed by atoms with Crippen LogP contribution in [-0.4, -0.2) is 61.8 Å². The number of nitrogens with zero attached hydrogens (tertiary/aromatic N) is 3. The van der Waals surface area contributed by atoms with Crippen LogP contribution >= 0.6 is 35.3 Å². The van der Waals surface area contributed by atoms with Gasteiger partial charge in [0.1, 0.15) is 5.01 Å². The Bertz CT molecular complexity index is 539. The number of aryl methyl sites for hydroxylation is 1. The molecule has 1 unspecified atom stereocenters. The number of likely N-dealkylation sites (tertiary alicyclic amines) is 1. The van der Waals surface area contributed by atoms with Crippen molar-refractivity contribution >= 4 is 41.3 Å². The van der Waals surface area contributed by atoms with Gasteiger partial charge in [0.2, 0.25) is 0 Å². The van der Waals surface area contributed by atoms with E-state index >= 15 is 0 Å². The van der Waals surface area contributed by atoms with Crippen LogP contribution in [-0.2, 0) is 11.3 Å². The van der Waals surface area contributed by atoms with Crippen molar-refractivity contribution < 1.29 is 4.74 Å². The highest BCUT2D eigenvalue weighted by Crippen LogP contribution is 2.17. The van der Waals surface area contributed by atoms with Crippen LogP contribution < -0.4 is 10.6 Å². The lowest BCUT2D eigenvalue weighted by atomic mass is 10.0. The van der Waals surface area contributed by atoms with Crippen LogP contribution in [0.3, 0.4) is 0 Å². The molecule has 0 amide bonds. The fraction of sp³-hybridized carbons (Fsp3) is 0.765. The van der Waals surface area contributed by atoms with Gasteiger partial charge < -0.3 is 20.3 Å². The maximum Gasteiger partial charge on any atom is 0.191 e. The first-order valence-electron chi connectivity index (χ1n) is 8.91. The third kappa shape index (κ3) is 6.65. The van der Waals surface area contributed by atoms with Gasteiger partial charge in [-0.25, -0.2) is 4.98 Å². The van der Waals surface area contributed by atoms with E-state index < -0.39 is 0 Å². The van der Waals surface area contributed by atoms with Crippen LogP contribution in [0.2, 0.25) is 0 Å². The summed E-state index contributed by atoms with van der Waals surface area (Å²) in [5.41, 5.74) is 0. The molecule has 6 nitrogen and oxygen atoms in total. The molecule has 2 fully saturated rings. The van der Waals surface area contributed by atoms with E-state index in [-0.39, 0.29) is 24.0 Å². The number of aliphatic imine (C=N–C) groups is 1. The number of aromatic nitrogens is 1. The highest BCUT2D eigenvalue weighted by molar-refractivity contribution is 14.0. The summed E-state index contributed by atoms with van der Waals surface area (Å²) in [4.78, 5) is 12.6. The van der Waals surface area contributed by atoms with Gasteiger partial charge in [0.15, 0.2) is 5.96 Å². The van der Waals surface area contributed by atoms with E-state index in [0.717, 1.165) is 49.7 Å². The summed E-state index contributed by atoms with van der Waals surface area (Å²) in [5, 5.41) is 8.04. The summed E-state index contributed by atoms with van der Waals surface area (Å²) < 4.78 is 5.48. The molecule has 1 aromatic heterocycles. The number of guanidine groups is 1. The Balaban J connectivity index is 0.00000225. The summed E-state index contributed by atoms with van der Waals surface area (Å²) >= 11 is 1.73. The van der Waals surface area contributed by atoms with Gasteiger partial charge in [-0.15, -0.1) is 35.3 Å². The Morgan fingerprint density at radius 2 is 2.20 bits per heavy atom. The highest BCUT2D eigenvalue weighted by Gasteiger charge is 2.24.